The molecule has 1 aliphatic rings. The van der Waals surface area contributed by atoms with E-state index < -0.39 is 17.9 Å². The first-order valence-corrected chi connectivity index (χ1v) is 4.46. The average molecular weight is 220 g/mol. The van der Waals surface area contributed by atoms with E-state index >= 15 is 0 Å². The van der Waals surface area contributed by atoms with Gasteiger partial charge in [-0.15, -0.1) is 0 Å². The first-order chi connectivity index (χ1) is 7.61. The number of hydrogen-bond donors (Lipinski definition) is 2. The van der Waals surface area contributed by atoms with Crippen LogP contribution in [-0.4, -0.2) is 25.0 Å². The van der Waals surface area contributed by atoms with Gasteiger partial charge in [0.1, 0.15) is 0 Å². The molecule has 16 heavy (non-hydrogen) atoms. The van der Waals surface area contributed by atoms with Gasteiger partial charge >= 0.3 is 6.09 Å². The zero-order valence-electron chi connectivity index (χ0n) is 8.37. The number of fused-ring (bicyclic) bond motifs is 1. The molecule has 82 valence electrons. The Morgan fingerprint density at radius 2 is 1.94 bits per heavy atom. The summed E-state index contributed by atoms with van der Waals surface area (Å²) in [6, 6.07) is 4.42. The van der Waals surface area contributed by atoms with Gasteiger partial charge in [0.05, 0.1) is 18.2 Å². The summed E-state index contributed by atoms with van der Waals surface area (Å²) >= 11 is 0. The molecule has 0 unspecified atom stereocenters. The smallest absolute Gasteiger partial charge is 0.411 e. The van der Waals surface area contributed by atoms with E-state index in [1.165, 1.54) is 25.3 Å². The van der Waals surface area contributed by atoms with E-state index in [4.69, 9.17) is 0 Å². The van der Waals surface area contributed by atoms with Crippen molar-refractivity contribution in [3.05, 3.63) is 29.3 Å². The first-order valence-electron chi connectivity index (χ1n) is 4.46. The highest BCUT2D eigenvalue weighted by Gasteiger charge is 2.26. The van der Waals surface area contributed by atoms with Crippen LogP contribution in [0.15, 0.2) is 18.2 Å². The molecule has 0 fully saturated rings. The van der Waals surface area contributed by atoms with Crippen molar-refractivity contribution in [2.45, 2.75) is 0 Å². The molecule has 1 heterocycles. The van der Waals surface area contributed by atoms with Gasteiger partial charge in [-0.3, -0.25) is 20.2 Å². The Morgan fingerprint density at radius 3 is 2.62 bits per heavy atom. The van der Waals surface area contributed by atoms with Crippen LogP contribution in [0.3, 0.4) is 0 Å². The van der Waals surface area contributed by atoms with Crippen LogP contribution < -0.4 is 10.6 Å². The highest BCUT2D eigenvalue weighted by atomic mass is 16.5. The summed E-state index contributed by atoms with van der Waals surface area (Å²) in [7, 11) is 1.24. The molecular formula is C10H8N2O4. The zero-order chi connectivity index (χ0) is 11.7. The molecule has 1 aromatic carbocycles. The van der Waals surface area contributed by atoms with Crippen molar-refractivity contribution in [3.8, 4) is 0 Å². The molecule has 3 amide bonds. The summed E-state index contributed by atoms with van der Waals surface area (Å²) < 4.78 is 4.40. The maximum absolute atomic E-state index is 11.3. The zero-order valence-corrected chi connectivity index (χ0v) is 8.37. The molecule has 0 atom stereocenters. The number of methoxy groups -OCH3 is 1. The van der Waals surface area contributed by atoms with E-state index in [9.17, 15) is 14.4 Å². The molecule has 6 heteroatoms. The number of rotatable bonds is 1. The van der Waals surface area contributed by atoms with Gasteiger partial charge in [0.2, 0.25) is 0 Å². The summed E-state index contributed by atoms with van der Waals surface area (Å²) in [5, 5.41) is 4.56. The van der Waals surface area contributed by atoms with E-state index in [1.807, 2.05) is 0 Å². The van der Waals surface area contributed by atoms with Crippen molar-refractivity contribution in [2.24, 2.45) is 0 Å². The Labute approximate surface area is 90.6 Å². The van der Waals surface area contributed by atoms with E-state index in [1.54, 1.807) is 0 Å². The van der Waals surface area contributed by atoms with Crippen LogP contribution in [0.5, 0.6) is 0 Å². The first kappa shape index (κ1) is 10.2. The van der Waals surface area contributed by atoms with Crippen LogP contribution in [0.4, 0.5) is 10.5 Å². The lowest BCUT2D eigenvalue weighted by molar-refractivity contribution is 0.0879. The highest BCUT2D eigenvalue weighted by Crippen LogP contribution is 2.20. The van der Waals surface area contributed by atoms with Crippen molar-refractivity contribution < 1.29 is 19.1 Å². The number of anilines is 1. The van der Waals surface area contributed by atoms with Gasteiger partial charge in [0.15, 0.2) is 0 Å². The molecule has 0 radical (unpaired) electrons. The Bertz CT molecular complexity index is 496. The van der Waals surface area contributed by atoms with Gasteiger partial charge in [-0.2, -0.15) is 0 Å². The third-order valence-corrected chi connectivity index (χ3v) is 2.17. The number of hydrogen-bond acceptors (Lipinski definition) is 4. The quantitative estimate of drug-likeness (QED) is 0.684. The van der Waals surface area contributed by atoms with Crippen LogP contribution in [0.2, 0.25) is 0 Å². The van der Waals surface area contributed by atoms with Crippen molar-refractivity contribution in [1.82, 2.24) is 5.32 Å². The third-order valence-electron chi connectivity index (χ3n) is 2.17. The van der Waals surface area contributed by atoms with Gasteiger partial charge in [0.25, 0.3) is 11.8 Å². The van der Waals surface area contributed by atoms with Gasteiger partial charge in [-0.1, -0.05) is 0 Å². The van der Waals surface area contributed by atoms with Crippen molar-refractivity contribution in [1.29, 1.82) is 0 Å². The van der Waals surface area contributed by atoms with Crippen LogP contribution in [0, 0.1) is 0 Å². The largest absolute Gasteiger partial charge is 0.453 e. The van der Waals surface area contributed by atoms with Crippen LogP contribution in [-0.2, 0) is 4.74 Å². The fraction of sp³-hybridized carbons (Fsp3) is 0.100. The van der Waals surface area contributed by atoms with E-state index in [-0.39, 0.29) is 5.56 Å². The minimum atomic E-state index is -0.635. The number of ether oxygens (including phenoxy) is 1. The molecule has 2 N–H and O–H groups in total. The third kappa shape index (κ3) is 1.60. The number of benzene rings is 1. The van der Waals surface area contributed by atoms with Crippen LogP contribution in [0.25, 0.3) is 0 Å². The molecule has 0 aliphatic carbocycles. The predicted octanol–water partition coefficient (Wildman–Crippen LogP) is 0.748. The van der Waals surface area contributed by atoms with Gasteiger partial charge in [-0.25, -0.2) is 4.79 Å². The van der Waals surface area contributed by atoms with Gasteiger partial charge in [0, 0.05) is 5.69 Å². The minimum absolute atomic E-state index is 0.249. The fourth-order valence-corrected chi connectivity index (χ4v) is 1.41. The number of imide groups is 1. The maximum atomic E-state index is 11.3. The molecule has 0 spiro atoms. The predicted molar refractivity (Wildman–Crippen MR) is 54.3 cm³/mol. The molecule has 0 saturated heterocycles. The molecule has 6 nitrogen and oxygen atoms in total. The van der Waals surface area contributed by atoms with E-state index in [0.717, 1.165) is 0 Å². The van der Waals surface area contributed by atoms with Crippen molar-refractivity contribution in [3.63, 3.8) is 0 Å². The Morgan fingerprint density at radius 1 is 1.25 bits per heavy atom. The molecule has 1 aromatic rings. The number of carbonyl (C=O) groups excluding carboxylic acids is 3. The van der Waals surface area contributed by atoms with Gasteiger partial charge < -0.3 is 4.74 Å². The lowest BCUT2D eigenvalue weighted by Crippen LogP contribution is -2.19. The molecule has 0 bridgehead atoms. The van der Waals surface area contributed by atoms with Gasteiger partial charge in [-0.05, 0) is 18.2 Å². The summed E-state index contributed by atoms with van der Waals surface area (Å²) in [5.74, 6) is -0.891. The van der Waals surface area contributed by atoms with E-state index in [0.29, 0.717) is 11.3 Å². The standard InChI is InChI=1S/C10H8N2O4/c1-16-10(15)11-5-2-3-6-7(4-5)9(14)12-8(6)13/h2-4H,1H3,(H,11,15)(H,12,13,14). The summed E-state index contributed by atoms with van der Waals surface area (Å²) in [4.78, 5) is 33.5. The van der Waals surface area contributed by atoms with E-state index in [2.05, 4.69) is 15.4 Å². The lowest BCUT2D eigenvalue weighted by Gasteiger charge is -2.03. The summed E-state index contributed by atoms with van der Waals surface area (Å²) in [6.07, 6.45) is -0.635. The summed E-state index contributed by atoms with van der Waals surface area (Å²) in [5.41, 5.74) is 0.953. The second kappa shape index (κ2) is 3.65. The number of carbonyl (C=O) groups is 3. The molecule has 1 aliphatic heterocycles. The molecule has 0 aromatic heterocycles. The Hall–Kier alpha value is -2.37. The second-order valence-electron chi connectivity index (χ2n) is 3.16. The average Bonchev–Trinajstić information content (AvgIpc) is 2.54. The maximum Gasteiger partial charge on any atom is 0.411 e. The normalized spacial score (nSPS) is 13.1. The molecule has 2 rings (SSSR count). The SMILES string of the molecule is COC(=O)Nc1ccc2c(c1)C(=O)NC2=O. The topological polar surface area (TPSA) is 84.5 Å². The highest BCUT2D eigenvalue weighted by molar-refractivity contribution is 6.21. The number of nitrogens with one attached hydrogen (secondary N) is 2. The van der Waals surface area contributed by atoms with Crippen LogP contribution in [0.1, 0.15) is 20.7 Å². The molecule has 0 saturated carbocycles. The molecular weight excluding hydrogens is 212 g/mol. The fourth-order valence-electron chi connectivity index (χ4n) is 1.41. The summed E-state index contributed by atoms with van der Waals surface area (Å²) in [6.45, 7) is 0. The Balaban J connectivity index is 2.33. The van der Waals surface area contributed by atoms with Crippen molar-refractivity contribution >= 4 is 23.6 Å². The van der Waals surface area contributed by atoms with Crippen molar-refractivity contribution in [2.75, 3.05) is 12.4 Å². The second-order valence-corrected chi connectivity index (χ2v) is 3.16. The minimum Gasteiger partial charge on any atom is -0.453 e. The Kier molecular flexibility index (Phi) is 2.32. The lowest BCUT2D eigenvalue weighted by atomic mass is 10.1. The monoisotopic (exact) mass is 220 g/mol. The van der Waals surface area contributed by atoms with Crippen LogP contribution >= 0.6 is 0 Å². The number of amides is 3.